The van der Waals surface area contributed by atoms with Crippen LogP contribution in [0.5, 0.6) is 0 Å². The first-order chi connectivity index (χ1) is 12.3. The number of morpholine rings is 1. The highest BCUT2D eigenvalue weighted by molar-refractivity contribution is 7.88. The van der Waals surface area contributed by atoms with E-state index in [1.807, 2.05) is 0 Å². The van der Waals surface area contributed by atoms with Crippen molar-refractivity contribution < 1.29 is 22.7 Å². The van der Waals surface area contributed by atoms with Crippen LogP contribution in [-0.2, 0) is 24.3 Å². The molecule has 2 amide bonds. The molecule has 2 aliphatic heterocycles. The first kappa shape index (κ1) is 18.7. The Morgan fingerprint density at radius 3 is 2.62 bits per heavy atom. The van der Waals surface area contributed by atoms with Crippen LogP contribution < -0.4 is 9.80 Å². The Morgan fingerprint density at radius 2 is 2.00 bits per heavy atom. The summed E-state index contributed by atoms with van der Waals surface area (Å²) in [7, 11) is -2.04. The number of ether oxygens (including phenoxy) is 1. The number of pyridine rings is 1. The van der Waals surface area contributed by atoms with Crippen LogP contribution in [0.15, 0.2) is 18.3 Å². The number of amides is 2. The van der Waals surface area contributed by atoms with Gasteiger partial charge in [0, 0.05) is 20.1 Å². The molecule has 142 valence electrons. The number of carbonyl (C=O) groups is 2. The van der Waals surface area contributed by atoms with Crippen LogP contribution in [-0.4, -0.2) is 75.2 Å². The largest absolute Gasteiger partial charge is 0.370 e. The van der Waals surface area contributed by atoms with Gasteiger partial charge in [-0.25, -0.2) is 13.4 Å². The van der Waals surface area contributed by atoms with Crippen molar-refractivity contribution in [2.24, 2.45) is 0 Å². The first-order valence-electron chi connectivity index (χ1n) is 8.37. The van der Waals surface area contributed by atoms with Crippen LogP contribution in [0, 0.1) is 0 Å². The van der Waals surface area contributed by atoms with Crippen LogP contribution in [0.4, 0.5) is 11.5 Å². The highest BCUT2D eigenvalue weighted by atomic mass is 32.2. The summed E-state index contributed by atoms with van der Waals surface area (Å²) >= 11 is 0. The molecule has 0 N–H and O–H groups in total. The third kappa shape index (κ3) is 3.71. The van der Waals surface area contributed by atoms with E-state index in [1.54, 1.807) is 23.2 Å². The fourth-order valence-electron chi connectivity index (χ4n) is 3.14. The van der Waals surface area contributed by atoms with Crippen LogP contribution >= 0.6 is 0 Å². The van der Waals surface area contributed by atoms with Gasteiger partial charge in [-0.1, -0.05) is 0 Å². The second-order valence-electron chi connectivity index (χ2n) is 6.40. The Balaban J connectivity index is 1.78. The molecular weight excluding hydrogens is 360 g/mol. The minimum Gasteiger partial charge on any atom is -0.370 e. The van der Waals surface area contributed by atoms with E-state index in [0.717, 1.165) is 10.6 Å². The fraction of sp³-hybridized carbons (Fsp3) is 0.562. The van der Waals surface area contributed by atoms with Crippen LogP contribution in [0.25, 0.3) is 0 Å². The maximum Gasteiger partial charge on any atom is 0.253 e. The van der Waals surface area contributed by atoms with E-state index in [0.29, 0.717) is 44.0 Å². The van der Waals surface area contributed by atoms with Gasteiger partial charge >= 0.3 is 0 Å². The summed E-state index contributed by atoms with van der Waals surface area (Å²) in [6.07, 6.45) is 3.81. The average Bonchev–Trinajstić information content (AvgIpc) is 2.61. The normalized spacial score (nSPS) is 22.2. The lowest BCUT2D eigenvalue weighted by Crippen LogP contribution is -2.53. The molecule has 1 unspecified atom stereocenters. The molecule has 0 aliphatic carbocycles. The highest BCUT2D eigenvalue weighted by Crippen LogP contribution is 2.25. The average molecular weight is 382 g/mol. The summed E-state index contributed by atoms with van der Waals surface area (Å²) in [5.41, 5.74) is 0.649. The summed E-state index contributed by atoms with van der Waals surface area (Å²) in [6.45, 7) is 1.46. The number of hydrogen-bond donors (Lipinski definition) is 0. The lowest BCUT2D eigenvalue weighted by Gasteiger charge is -2.35. The van der Waals surface area contributed by atoms with Crippen molar-refractivity contribution in [3.63, 3.8) is 0 Å². The Labute approximate surface area is 152 Å². The molecular formula is C16H22N4O5S. The van der Waals surface area contributed by atoms with E-state index in [9.17, 15) is 18.0 Å². The molecule has 1 aromatic rings. The molecule has 1 atom stereocenters. The number of anilines is 2. The van der Waals surface area contributed by atoms with Gasteiger partial charge in [0.15, 0.2) is 0 Å². The van der Waals surface area contributed by atoms with E-state index in [-0.39, 0.29) is 18.4 Å². The Bertz CT molecular complexity index is 795. The van der Waals surface area contributed by atoms with Gasteiger partial charge in [-0.05, 0) is 25.0 Å². The van der Waals surface area contributed by atoms with E-state index < -0.39 is 16.1 Å². The highest BCUT2D eigenvalue weighted by Gasteiger charge is 2.36. The van der Waals surface area contributed by atoms with Gasteiger partial charge in [0.1, 0.15) is 18.5 Å². The summed E-state index contributed by atoms with van der Waals surface area (Å²) < 4.78 is 29.7. The molecule has 2 saturated heterocycles. The molecule has 0 saturated carbocycles. The molecule has 3 rings (SSSR count). The first-order valence-corrected chi connectivity index (χ1v) is 10.2. The van der Waals surface area contributed by atoms with E-state index >= 15 is 0 Å². The van der Waals surface area contributed by atoms with Gasteiger partial charge in [-0.2, -0.15) is 4.31 Å². The zero-order valence-electron chi connectivity index (χ0n) is 14.8. The van der Waals surface area contributed by atoms with Gasteiger partial charge in [0.25, 0.3) is 5.91 Å². The van der Waals surface area contributed by atoms with E-state index in [1.165, 1.54) is 11.9 Å². The number of hydrogen-bond acceptors (Lipinski definition) is 6. The summed E-state index contributed by atoms with van der Waals surface area (Å²) in [6, 6.07) is 2.70. The molecule has 2 aliphatic rings. The molecule has 10 heteroatoms. The number of likely N-dealkylation sites (N-methyl/N-ethyl adjacent to an activating group) is 1. The van der Waals surface area contributed by atoms with Crippen molar-refractivity contribution in [1.29, 1.82) is 0 Å². The smallest absolute Gasteiger partial charge is 0.253 e. The molecule has 0 spiro atoms. The van der Waals surface area contributed by atoms with Crippen molar-refractivity contribution in [2.75, 3.05) is 49.4 Å². The molecule has 0 aromatic carbocycles. The lowest BCUT2D eigenvalue weighted by atomic mass is 10.1. The quantitative estimate of drug-likeness (QED) is 0.717. The number of rotatable bonds is 4. The van der Waals surface area contributed by atoms with Crippen molar-refractivity contribution in [3.8, 4) is 0 Å². The van der Waals surface area contributed by atoms with E-state index in [2.05, 4.69) is 4.98 Å². The Kier molecular flexibility index (Phi) is 5.26. The Morgan fingerprint density at radius 1 is 1.23 bits per heavy atom. The van der Waals surface area contributed by atoms with Crippen LogP contribution in [0.3, 0.4) is 0 Å². The minimum absolute atomic E-state index is 0.0475. The second-order valence-corrected chi connectivity index (χ2v) is 8.44. The van der Waals surface area contributed by atoms with Crippen molar-refractivity contribution in [3.05, 3.63) is 18.3 Å². The van der Waals surface area contributed by atoms with Gasteiger partial charge in [-0.3, -0.25) is 14.5 Å². The van der Waals surface area contributed by atoms with Gasteiger partial charge in [-0.15, -0.1) is 0 Å². The predicted octanol–water partition coefficient (Wildman–Crippen LogP) is -0.168. The number of piperidine rings is 1. The third-order valence-electron chi connectivity index (χ3n) is 4.68. The molecule has 0 bridgehead atoms. The van der Waals surface area contributed by atoms with Gasteiger partial charge < -0.3 is 9.64 Å². The van der Waals surface area contributed by atoms with E-state index in [4.69, 9.17) is 4.74 Å². The zero-order chi connectivity index (χ0) is 18.9. The lowest BCUT2D eigenvalue weighted by molar-refractivity contribution is -0.125. The molecule has 9 nitrogen and oxygen atoms in total. The number of sulfonamides is 1. The predicted molar refractivity (Wildman–Crippen MR) is 95.4 cm³/mol. The minimum atomic E-state index is -3.46. The Hall–Kier alpha value is -2.04. The SMILES string of the molecule is CN(C1CCCN(c2ccc(N3CCOCC3=O)cn2)C1=O)S(C)(=O)=O. The topological polar surface area (TPSA) is 100 Å². The number of carbonyl (C=O) groups excluding carboxylic acids is 2. The third-order valence-corrected chi connectivity index (χ3v) is 5.98. The standard InChI is InChI=1S/C16H22N4O5S/c1-18(26(2,23)24)13-4-3-7-20(16(13)22)14-6-5-12(10-17-14)19-8-9-25-11-15(19)21/h5-6,10,13H,3-4,7-9,11H2,1-2H3. The monoisotopic (exact) mass is 382 g/mol. The zero-order valence-corrected chi connectivity index (χ0v) is 15.6. The molecule has 1 aromatic heterocycles. The molecule has 2 fully saturated rings. The molecule has 26 heavy (non-hydrogen) atoms. The van der Waals surface area contributed by atoms with Gasteiger partial charge in [0.2, 0.25) is 15.9 Å². The fourth-order valence-corrected chi connectivity index (χ4v) is 3.80. The molecule has 0 radical (unpaired) electrons. The summed E-state index contributed by atoms with van der Waals surface area (Å²) in [4.78, 5) is 32.1. The summed E-state index contributed by atoms with van der Waals surface area (Å²) in [5.74, 6) is 0.0348. The van der Waals surface area contributed by atoms with Crippen LogP contribution in [0.2, 0.25) is 0 Å². The number of aromatic nitrogens is 1. The van der Waals surface area contributed by atoms with Crippen LogP contribution in [0.1, 0.15) is 12.8 Å². The maximum absolute atomic E-state index is 12.8. The van der Waals surface area contributed by atoms with Crippen molar-refractivity contribution in [1.82, 2.24) is 9.29 Å². The van der Waals surface area contributed by atoms with Gasteiger partial charge in [0.05, 0.1) is 24.7 Å². The number of nitrogens with zero attached hydrogens (tertiary/aromatic N) is 4. The molecule has 3 heterocycles. The summed E-state index contributed by atoms with van der Waals surface area (Å²) in [5, 5.41) is 0. The van der Waals surface area contributed by atoms with Crippen molar-refractivity contribution >= 4 is 33.3 Å². The van der Waals surface area contributed by atoms with Crippen molar-refractivity contribution in [2.45, 2.75) is 18.9 Å². The second kappa shape index (κ2) is 7.29. The maximum atomic E-state index is 12.8.